The maximum absolute atomic E-state index is 12.6. The maximum Gasteiger partial charge on any atom is 0.260 e. The smallest absolute Gasteiger partial charge is 0.260 e. The molecule has 0 bridgehead atoms. The highest BCUT2D eigenvalue weighted by atomic mass is 32.2. The number of hydrogen-bond acceptors (Lipinski definition) is 4. The van der Waals surface area contributed by atoms with Gasteiger partial charge in [-0.25, -0.2) is 13.4 Å². The van der Waals surface area contributed by atoms with Crippen molar-refractivity contribution < 1.29 is 8.42 Å². The van der Waals surface area contributed by atoms with Crippen LogP contribution in [-0.2, 0) is 23.0 Å². The summed E-state index contributed by atoms with van der Waals surface area (Å²) < 4.78 is 28.5. The first-order valence-corrected chi connectivity index (χ1v) is 7.78. The van der Waals surface area contributed by atoms with Crippen LogP contribution >= 0.6 is 0 Å². The van der Waals surface area contributed by atoms with E-state index in [1.54, 1.807) is 7.05 Å². The number of fused-ring (bicyclic) bond motifs is 1. The molecule has 0 saturated carbocycles. The van der Waals surface area contributed by atoms with Crippen LogP contribution in [-0.4, -0.2) is 48.5 Å². The first kappa shape index (κ1) is 12.1. The highest BCUT2D eigenvalue weighted by molar-refractivity contribution is 7.89. The monoisotopic (exact) mass is 270 g/mol. The second kappa shape index (κ2) is 4.32. The third kappa shape index (κ3) is 1.77. The predicted octanol–water partition coefficient (Wildman–Crippen LogP) is -0.188. The molecule has 1 aromatic rings. The third-order valence-electron chi connectivity index (χ3n) is 3.88. The van der Waals surface area contributed by atoms with E-state index >= 15 is 0 Å². The van der Waals surface area contributed by atoms with Crippen LogP contribution in [0.4, 0.5) is 0 Å². The molecule has 2 aliphatic heterocycles. The zero-order valence-corrected chi connectivity index (χ0v) is 11.3. The summed E-state index contributed by atoms with van der Waals surface area (Å²) in [6.45, 7) is 2.38. The Kier molecular flexibility index (Phi) is 2.91. The van der Waals surface area contributed by atoms with Crippen molar-refractivity contribution >= 4 is 10.0 Å². The number of likely N-dealkylation sites (N-methyl/N-ethyl adjacent to an activating group) is 1. The third-order valence-corrected chi connectivity index (χ3v) is 5.79. The average Bonchev–Trinajstić information content (AvgIpc) is 3.04. The lowest BCUT2D eigenvalue weighted by atomic mass is 10.3. The molecular formula is C11H18N4O2S. The van der Waals surface area contributed by atoms with Crippen molar-refractivity contribution in [3.05, 3.63) is 12.0 Å². The number of hydrogen-bond donors (Lipinski definition) is 1. The van der Waals surface area contributed by atoms with Gasteiger partial charge in [0.25, 0.3) is 10.0 Å². The number of nitrogens with one attached hydrogen (secondary N) is 1. The van der Waals surface area contributed by atoms with Crippen molar-refractivity contribution in [1.82, 2.24) is 19.2 Å². The van der Waals surface area contributed by atoms with Gasteiger partial charge in [0, 0.05) is 32.6 Å². The van der Waals surface area contributed by atoms with Crippen LogP contribution in [0.1, 0.15) is 18.7 Å². The molecule has 1 atom stereocenters. The van der Waals surface area contributed by atoms with Gasteiger partial charge in [-0.05, 0) is 19.4 Å². The van der Waals surface area contributed by atoms with E-state index in [9.17, 15) is 8.42 Å². The Bertz CT molecular complexity index is 545. The number of sulfonamides is 1. The van der Waals surface area contributed by atoms with E-state index in [1.165, 1.54) is 10.5 Å². The topological polar surface area (TPSA) is 67.2 Å². The first-order valence-electron chi connectivity index (χ1n) is 6.34. The van der Waals surface area contributed by atoms with Crippen LogP contribution in [0.3, 0.4) is 0 Å². The number of rotatable bonds is 3. The molecule has 0 spiro atoms. The molecule has 100 valence electrons. The first-order chi connectivity index (χ1) is 8.60. The van der Waals surface area contributed by atoms with Crippen LogP contribution in [0, 0.1) is 0 Å². The van der Waals surface area contributed by atoms with Crippen LogP contribution in [0.25, 0.3) is 0 Å². The molecular weight excluding hydrogens is 252 g/mol. The van der Waals surface area contributed by atoms with E-state index in [4.69, 9.17) is 0 Å². The van der Waals surface area contributed by atoms with Crippen LogP contribution in [0.5, 0.6) is 0 Å². The molecule has 3 heterocycles. The van der Waals surface area contributed by atoms with Crippen molar-refractivity contribution in [2.24, 2.45) is 0 Å². The van der Waals surface area contributed by atoms with Gasteiger partial charge < -0.3 is 9.88 Å². The van der Waals surface area contributed by atoms with E-state index in [1.807, 2.05) is 4.57 Å². The Morgan fingerprint density at radius 1 is 1.56 bits per heavy atom. The van der Waals surface area contributed by atoms with Gasteiger partial charge in [-0.2, -0.15) is 4.31 Å². The number of aromatic nitrogens is 2. The molecule has 1 fully saturated rings. The Morgan fingerprint density at radius 2 is 2.39 bits per heavy atom. The van der Waals surface area contributed by atoms with Gasteiger partial charge in [-0.3, -0.25) is 0 Å². The van der Waals surface area contributed by atoms with E-state index in [0.717, 1.165) is 44.7 Å². The number of nitrogens with zero attached hydrogens (tertiary/aromatic N) is 3. The predicted molar refractivity (Wildman–Crippen MR) is 66.8 cm³/mol. The molecule has 0 radical (unpaired) electrons. The Labute approximate surface area is 107 Å². The van der Waals surface area contributed by atoms with Gasteiger partial charge in [0.1, 0.15) is 5.82 Å². The van der Waals surface area contributed by atoms with Crippen LogP contribution in [0.2, 0.25) is 0 Å². The van der Waals surface area contributed by atoms with Crippen molar-refractivity contribution in [2.45, 2.75) is 36.9 Å². The summed E-state index contributed by atoms with van der Waals surface area (Å²) in [7, 11) is -1.74. The van der Waals surface area contributed by atoms with Crippen molar-refractivity contribution in [2.75, 3.05) is 20.1 Å². The molecule has 1 N–H and O–H groups in total. The summed E-state index contributed by atoms with van der Waals surface area (Å²) in [6, 6.07) is 0.0579. The largest absolute Gasteiger partial charge is 0.318 e. The van der Waals surface area contributed by atoms with Crippen LogP contribution < -0.4 is 5.32 Å². The van der Waals surface area contributed by atoms with Crippen LogP contribution in [0.15, 0.2) is 11.2 Å². The highest BCUT2D eigenvalue weighted by Gasteiger charge is 2.33. The summed E-state index contributed by atoms with van der Waals surface area (Å²) in [5.41, 5.74) is 0. The molecule has 0 amide bonds. The maximum atomic E-state index is 12.6. The minimum Gasteiger partial charge on any atom is -0.318 e. The fourth-order valence-electron chi connectivity index (χ4n) is 2.73. The molecule has 0 aromatic carbocycles. The summed E-state index contributed by atoms with van der Waals surface area (Å²) in [5, 5.41) is 3.55. The quantitative estimate of drug-likeness (QED) is 0.827. The second-order valence-electron chi connectivity index (χ2n) is 4.94. The minimum atomic E-state index is -3.41. The average molecular weight is 270 g/mol. The van der Waals surface area contributed by atoms with Gasteiger partial charge in [0.15, 0.2) is 5.03 Å². The minimum absolute atomic E-state index is 0.0579. The fourth-order valence-corrected chi connectivity index (χ4v) is 4.26. The SMILES string of the molecule is CN([C@@H]1CCNC1)S(=O)(=O)c1cnc2n1CCC2. The molecule has 0 aliphatic carbocycles. The molecule has 18 heavy (non-hydrogen) atoms. The molecule has 3 rings (SSSR count). The van der Waals surface area contributed by atoms with E-state index < -0.39 is 10.0 Å². The normalized spacial score (nSPS) is 23.8. The number of imidazole rings is 1. The lowest BCUT2D eigenvalue weighted by Crippen LogP contribution is -2.39. The molecule has 7 heteroatoms. The van der Waals surface area contributed by atoms with Gasteiger partial charge in [-0.15, -0.1) is 0 Å². The lowest BCUT2D eigenvalue weighted by Gasteiger charge is -2.23. The molecule has 1 aromatic heterocycles. The van der Waals surface area contributed by atoms with Crippen molar-refractivity contribution in [3.63, 3.8) is 0 Å². The lowest BCUT2D eigenvalue weighted by molar-refractivity contribution is 0.383. The zero-order chi connectivity index (χ0) is 12.8. The summed E-state index contributed by atoms with van der Waals surface area (Å²) in [5.74, 6) is 0.895. The van der Waals surface area contributed by atoms with E-state index in [-0.39, 0.29) is 6.04 Å². The second-order valence-corrected chi connectivity index (χ2v) is 6.88. The molecule has 6 nitrogen and oxygen atoms in total. The van der Waals surface area contributed by atoms with E-state index in [2.05, 4.69) is 10.3 Å². The summed E-state index contributed by atoms with van der Waals surface area (Å²) in [6.07, 6.45) is 4.24. The van der Waals surface area contributed by atoms with E-state index in [0.29, 0.717) is 5.03 Å². The highest BCUT2D eigenvalue weighted by Crippen LogP contribution is 2.24. The fraction of sp³-hybridized carbons (Fsp3) is 0.727. The standard InChI is InChI=1S/C11H18N4O2S/c1-14(9-4-5-12-7-9)18(16,17)11-8-13-10-3-2-6-15(10)11/h8-9,12H,2-7H2,1H3/t9-/m1/s1. The molecule has 2 aliphatic rings. The van der Waals surface area contributed by atoms with Gasteiger partial charge >= 0.3 is 0 Å². The Morgan fingerprint density at radius 3 is 3.11 bits per heavy atom. The summed E-state index contributed by atoms with van der Waals surface area (Å²) >= 11 is 0. The molecule has 0 unspecified atom stereocenters. The Hall–Kier alpha value is -0.920. The van der Waals surface area contributed by atoms with Gasteiger partial charge in [0.05, 0.1) is 6.20 Å². The number of aryl methyl sites for hydroxylation is 1. The molecule has 1 saturated heterocycles. The van der Waals surface area contributed by atoms with Gasteiger partial charge in [0.2, 0.25) is 0 Å². The summed E-state index contributed by atoms with van der Waals surface area (Å²) in [4.78, 5) is 4.21. The zero-order valence-electron chi connectivity index (χ0n) is 10.5. The van der Waals surface area contributed by atoms with Gasteiger partial charge in [-0.1, -0.05) is 0 Å². The van der Waals surface area contributed by atoms with Crippen molar-refractivity contribution in [3.8, 4) is 0 Å². The Balaban J connectivity index is 1.93. The van der Waals surface area contributed by atoms with Crippen molar-refractivity contribution in [1.29, 1.82) is 0 Å².